The first kappa shape index (κ1) is 16.7. The Balaban J connectivity index is 2.94. The quantitative estimate of drug-likeness (QED) is 0.613. The van der Waals surface area contributed by atoms with Gasteiger partial charge in [-0.05, 0) is 44.2 Å². The molecule has 1 aromatic carbocycles. The zero-order valence-electron chi connectivity index (χ0n) is 11.4. The van der Waals surface area contributed by atoms with Gasteiger partial charge in [0.25, 0.3) is 5.91 Å². The van der Waals surface area contributed by atoms with Crippen molar-refractivity contribution in [3.63, 3.8) is 0 Å². The molecule has 1 amide bonds. The van der Waals surface area contributed by atoms with Crippen LogP contribution in [0, 0.1) is 0 Å². The van der Waals surface area contributed by atoms with E-state index in [0.29, 0.717) is 16.5 Å². The van der Waals surface area contributed by atoms with Crippen LogP contribution in [0.3, 0.4) is 0 Å². The van der Waals surface area contributed by atoms with Crippen molar-refractivity contribution in [2.75, 3.05) is 12.1 Å². The Bertz CT molecular complexity index is 453. The summed E-state index contributed by atoms with van der Waals surface area (Å²) in [6.07, 6.45) is 3.52. The second kappa shape index (κ2) is 7.41. The van der Waals surface area contributed by atoms with Gasteiger partial charge in [0.05, 0.1) is 10.6 Å². The van der Waals surface area contributed by atoms with E-state index in [9.17, 15) is 4.79 Å². The van der Waals surface area contributed by atoms with Crippen molar-refractivity contribution in [3.05, 3.63) is 28.8 Å². The van der Waals surface area contributed by atoms with E-state index in [4.69, 9.17) is 23.2 Å². The van der Waals surface area contributed by atoms with E-state index in [2.05, 4.69) is 5.32 Å². The van der Waals surface area contributed by atoms with Gasteiger partial charge in [0.2, 0.25) is 0 Å². The summed E-state index contributed by atoms with van der Waals surface area (Å²) < 4.78 is 0. The van der Waals surface area contributed by atoms with Gasteiger partial charge >= 0.3 is 0 Å². The fourth-order valence-electron chi connectivity index (χ4n) is 1.68. The van der Waals surface area contributed by atoms with Crippen molar-refractivity contribution in [1.82, 2.24) is 5.32 Å². The van der Waals surface area contributed by atoms with Gasteiger partial charge in [-0.2, -0.15) is 0 Å². The minimum Gasteiger partial charge on any atom is -0.347 e. The Hall–Kier alpha value is -0.380. The molecule has 0 aromatic heterocycles. The third-order valence-corrected chi connectivity index (χ3v) is 4.50. The summed E-state index contributed by atoms with van der Waals surface area (Å²) >= 11 is 13.5. The number of benzene rings is 1. The summed E-state index contributed by atoms with van der Waals surface area (Å²) in [5.41, 5.74) is 0.222. The maximum absolute atomic E-state index is 12.3. The molecular formula is C14H19Cl2NOS. The van der Waals surface area contributed by atoms with E-state index >= 15 is 0 Å². The first-order valence-corrected chi connectivity index (χ1v) is 8.31. The summed E-state index contributed by atoms with van der Waals surface area (Å²) in [4.78, 5) is 13.4. The molecule has 2 nitrogen and oxygen atoms in total. The van der Waals surface area contributed by atoms with Crippen LogP contribution < -0.4 is 5.32 Å². The largest absolute Gasteiger partial charge is 0.347 e. The number of halogens is 2. The molecule has 5 heteroatoms. The topological polar surface area (TPSA) is 29.1 Å². The number of carbonyl (C=O) groups is 1. The predicted molar refractivity (Wildman–Crippen MR) is 84.7 cm³/mol. The van der Waals surface area contributed by atoms with Gasteiger partial charge in [0.1, 0.15) is 0 Å². The van der Waals surface area contributed by atoms with Gasteiger partial charge in [-0.15, -0.1) is 23.4 Å². The Morgan fingerprint density at radius 1 is 1.47 bits per heavy atom. The highest BCUT2D eigenvalue weighted by atomic mass is 35.5. The molecular weight excluding hydrogens is 301 g/mol. The maximum atomic E-state index is 12.3. The number of nitrogens with one attached hydrogen (secondary N) is 1. The molecule has 0 saturated heterocycles. The molecule has 0 spiro atoms. The van der Waals surface area contributed by atoms with Crippen LogP contribution in [0.2, 0.25) is 5.02 Å². The Labute approximate surface area is 129 Å². The van der Waals surface area contributed by atoms with Gasteiger partial charge in [0, 0.05) is 16.3 Å². The van der Waals surface area contributed by atoms with Gasteiger partial charge in [0.15, 0.2) is 0 Å². The third kappa shape index (κ3) is 4.59. The number of hydrogen-bond acceptors (Lipinski definition) is 2. The lowest BCUT2D eigenvalue weighted by atomic mass is 9.95. The highest BCUT2D eigenvalue weighted by Crippen LogP contribution is 2.24. The minimum atomic E-state index is -0.294. The molecule has 1 rings (SSSR count). The van der Waals surface area contributed by atoms with Crippen LogP contribution in [0.4, 0.5) is 0 Å². The van der Waals surface area contributed by atoms with Crippen LogP contribution >= 0.6 is 35.0 Å². The summed E-state index contributed by atoms with van der Waals surface area (Å²) in [5.74, 6) is 0.374. The second-order valence-corrected chi connectivity index (χ2v) is 6.32. The van der Waals surface area contributed by atoms with Crippen LogP contribution in [-0.2, 0) is 0 Å². The Morgan fingerprint density at radius 3 is 2.68 bits per heavy atom. The molecule has 0 aliphatic heterocycles. The molecule has 1 aromatic rings. The number of thioether (sulfide) groups is 1. The first-order chi connectivity index (χ1) is 8.95. The summed E-state index contributed by atoms with van der Waals surface area (Å²) in [5, 5.41) is 3.51. The molecule has 0 aliphatic carbocycles. The normalized spacial score (nSPS) is 13.9. The molecule has 106 valence electrons. The van der Waals surface area contributed by atoms with Crippen LogP contribution in [0.25, 0.3) is 0 Å². The summed E-state index contributed by atoms with van der Waals surface area (Å²) in [6, 6.07) is 5.48. The smallest absolute Gasteiger partial charge is 0.253 e. The zero-order chi connectivity index (χ0) is 14.5. The molecule has 1 atom stereocenters. The van der Waals surface area contributed by atoms with Crippen molar-refractivity contribution in [2.24, 2.45) is 0 Å². The lowest BCUT2D eigenvalue weighted by molar-refractivity contribution is 0.0901. The molecule has 0 radical (unpaired) electrons. The number of amides is 1. The van der Waals surface area contributed by atoms with Crippen LogP contribution in [-0.4, -0.2) is 23.6 Å². The molecule has 0 saturated carbocycles. The molecule has 0 heterocycles. The third-order valence-electron chi connectivity index (χ3n) is 3.26. The number of carbonyl (C=O) groups excluding carboxylic acids is 1. The number of hydrogen-bond donors (Lipinski definition) is 1. The maximum Gasteiger partial charge on any atom is 0.253 e. The molecule has 1 unspecified atom stereocenters. The van der Waals surface area contributed by atoms with Gasteiger partial charge in [-0.1, -0.05) is 18.5 Å². The zero-order valence-corrected chi connectivity index (χ0v) is 13.8. The highest BCUT2D eigenvalue weighted by molar-refractivity contribution is 7.98. The predicted octanol–water partition coefficient (Wildman–Crippen LogP) is 4.59. The Kier molecular flexibility index (Phi) is 6.51. The molecule has 0 fully saturated rings. The van der Waals surface area contributed by atoms with Crippen LogP contribution in [0.5, 0.6) is 0 Å². The van der Waals surface area contributed by atoms with Gasteiger partial charge < -0.3 is 5.32 Å². The summed E-state index contributed by atoms with van der Waals surface area (Å²) in [6.45, 7) is 4.03. The highest BCUT2D eigenvalue weighted by Gasteiger charge is 2.25. The van der Waals surface area contributed by atoms with Crippen LogP contribution in [0.1, 0.15) is 37.0 Å². The molecule has 1 N–H and O–H groups in total. The van der Waals surface area contributed by atoms with Crippen molar-refractivity contribution in [2.45, 2.75) is 37.1 Å². The molecule has 0 aliphatic rings. The van der Waals surface area contributed by atoms with Crippen LogP contribution in [0.15, 0.2) is 23.1 Å². The fourth-order valence-corrected chi connectivity index (χ4v) is 2.74. The minimum absolute atomic E-state index is 0.143. The second-order valence-electron chi connectivity index (χ2n) is 4.65. The van der Waals surface area contributed by atoms with E-state index < -0.39 is 0 Å². The van der Waals surface area contributed by atoms with Crippen molar-refractivity contribution < 1.29 is 4.79 Å². The lowest BCUT2D eigenvalue weighted by Gasteiger charge is -2.29. The molecule has 19 heavy (non-hydrogen) atoms. The number of rotatable bonds is 6. The number of alkyl halides is 1. The average molecular weight is 320 g/mol. The summed E-state index contributed by atoms with van der Waals surface area (Å²) in [7, 11) is 0. The first-order valence-electron chi connectivity index (χ1n) is 6.17. The van der Waals surface area contributed by atoms with E-state index in [-0.39, 0.29) is 11.4 Å². The van der Waals surface area contributed by atoms with Crippen molar-refractivity contribution >= 4 is 40.9 Å². The lowest BCUT2D eigenvalue weighted by Crippen LogP contribution is -2.45. The monoisotopic (exact) mass is 319 g/mol. The Morgan fingerprint density at radius 2 is 2.16 bits per heavy atom. The molecule has 0 bridgehead atoms. The van der Waals surface area contributed by atoms with E-state index in [1.807, 2.05) is 32.2 Å². The van der Waals surface area contributed by atoms with Gasteiger partial charge in [-0.3, -0.25) is 4.79 Å². The van der Waals surface area contributed by atoms with Gasteiger partial charge in [-0.25, -0.2) is 0 Å². The van der Waals surface area contributed by atoms with Crippen molar-refractivity contribution in [3.8, 4) is 0 Å². The standard InChI is InChI=1S/C14H19Cl2NOS/c1-4-14(2,7-8-15)17-13(18)11-9-10(19-3)5-6-12(11)16/h5-6,9H,4,7-8H2,1-3H3,(H,17,18). The van der Waals surface area contributed by atoms with Crippen molar-refractivity contribution in [1.29, 1.82) is 0 Å². The van der Waals surface area contributed by atoms with E-state index in [0.717, 1.165) is 17.7 Å². The average Bonchev–Trinajstić information content (AvgIpc) is 2.39. The fraction of sp³-hybridized carbons (Fsp3) is 0.500. The van der Waals surface area contributed by atoms with E-state index in [1.54, 1.807) is 17.8 Å². The van der Waals surface area contributed by atoms with E-state index in [1.165, 1.54) is 0 Å². The SMILES string of the molecule is CCC(C)(CCCl)NC(=O)c1cc(SC)ccc1Cl.